The van der Waals surface area contributed by atoms with Crippen LogP contribution in [0.3, 0.4) is 0 Å². The van der Waals surface area contributed by atoms with Gasteiger partial charge in [0.25, 0.3) is 5.89 Å². The summed E-state index contributed by atoms with van der Waals surface area (Å²) in [7, 11) is 0. The fraction of sp³-hybridized carbons (Fsp3) is 0.455. The maximum Gasteiger partial charge on any atom is 0.260 e. The van der Waals surface area contributed by atoms with Crippen molar-refractivity contribution in [2.24, 2.45) is 0 Å². The molecule has 3 rings (SSSR count). The largest absolute Gasteiger partial charge is 0.334 e. The van der Waals surface area contributed by atoms with Crippen LogP contribution in [0.25, 0.3) is 11.5 Å². The molecule has 1 aliphatic heterocycles. The second-order valence-corrected chi connectivity index (χ2v) is 6.57. The Hall–Kier alpha value is -0.660. The molecule has 0 aliphatic carbocycles. The number of aromatic nitrogens is 2. The lowest BCUT2D eigenvalue weighted by Crippen LogP contribution is -2.43. The normalized spacial score (nSPS) is 16.9. The monoisotopic (exact) mass is 318 g/mol. The minimum atomic E-state index is 0.429. The van der Waals surface area contributed by atoms with Crippen molar-refractivity contribution in [1.29, 1.82) is 0 Å². The summed E-state index contributed by atoms with van der Waals surface area (Å²) in [6.07, 6.45) is 0. The van der Waals surface area contributed by atoms with E-state index in [0.717, 1.165) is 26.2 Å². The van der Waals surface area contributed by atoms with E-state index in [4.69, 9.17) is 27.7 Å². The molecule has 1 saturated heterocycles. The van der Waals surface area contributed by atoms with E-state index in [9.17, 15) is 0 Å². The maximum absolute atomic E-state index is 6.07. The van der Waals surface area contributed by atoms with Gasteiger partial charge in [0.15, 0.2) is 5.82 Å². The zero-order valence-corrected chi connectivity index (χ0v) is 12.4. The molecule has 0 unspecified atom stereocenters. The summed E-state index contributed by atoms with van der Waals surface area (Å²) < 4.78 is 6.43. The first-order valence-corrected chi connectivity index (χ1v) is 7.50. The van der Waals surface area contributed by atoms with Crippen LogP contribution in [0.2, 0.25) is 8.67 Å². The molecule has 0 atom stereocenters. The third kappa shape index (κ3) is 3.09. The minimum absolute atomic E-state index is 0.429. The van der Waals surface area contributed by atoms with Crippen LogP contribution < -0.4 is 5.32 Å². The predicted octanol–water partition coefficient (Wildman–Crippen LogP) is 2.51. The molecule has 0 radical (unpaired) electrons. The molecule has 19 heavy (non-hydrogen) atoms. The summed E-state index contributed by atoms with van der Waals surface area (Å²) in [5.74, 6) is 1.11. The Kier molecular flexibility index (Phi) is 4.04. The molecule has 1 aliphatic rings. The SMILES string of the molecule is Clc1cc(-c2nc(CN3CCNCC3)no2)c(Cl)s1. The minimum Gasteiger partial charge on any atom is -0.334 e. The number of hydrogen-bond acceptors (Lipinski definition) is 6. The van der Waals surface area contributed by atoms with E-state index in [2.05, 4.69) is 20.4 Å². The quantitative estimate of drug-likeness (QED) is 0.942. The van der Waals surface area contributed by atoms with Gasteiger partial charge < -0.3 is 9.84 Å². The molecule has 5 nitrogen and oxygen atoms in total. The summed E-state index contributed by atoms with van der Waals surface area (Å²) in [5.41, 5.74) is 0.704. The highest BCUT2D eigenvalue weighted by Gasteiger charge is 2.17. The van der Waals surface area contributed by atoms with E-state index < -0.39 is 0 Å². The van der Waals surface area contributed by atoms with Gasteiger partial charge in [-0.25, -0.2) is 0 Å². The van der Waals surface area contributed by atoms with Gasteiger partial charge in [0.05, 0.1) is 16.4 Å². The van der Waals surface area contributed by atoms with Crippen molar-refractivity contribution in [3.8, 4) is 11.5 Å². The molecular formula is C11H12Cl2N4OS. The van der Waals surface area contributed by atoms with Gasteiger partial charge in [-0.15, -0.1) is 11.3 Å². The molecule has 8 heteroatoms. The lowest BCUT2D eigenvalue weighted by atomic mass is 10.3. The van der Waals surface area contributed by atoms with Crippen molar-refractivity contribution >= 4 is 34.5 Å². The average molecular weight is 319 g/mol. The van der Waals surface area contributed by atoms with Gasteiger partial charge in [-0.2, -0.15) is 4.98 Å². The number of halogens is 2. The van der Waals surface area contributed by atoms with Crippen molar-refractivity contribution < 1.29 is 4.52 Å². The number of nitrogens with zero attached hydrogens (tertiary/aromatic N) is 3. The Bertz CT molecular complexity index is 565. The first-order valence-electron chi connectivity index (χ1n) is 5.93. The van der Waals surface area contributed by atoms with E-state index in [1.165, 1.54) is 11.3 Å². The highest BCUT2D eigenvalue weighted by atomic mass is 35.5. The molecule has 102 valence electrons. The van der Waals surface area contributed by atoms with Crippen LogP contribution >= 0.6 is 34.5 Å². The van der Waals surface area contributed by atoms with Crippen molar-refractivity contribution in [3.05, 3.63) is 20.6 Å². The van der Waals surface area contributed by atoms with Gasteiger partial charge in [0.2, 0.25) is 0 Å². The van der Waals surface area contributed by atoms with Crippen LogP contribution in [-0.2, 0) is 6.54 Å². The van der Waals surface area contributed by atoms with Crippen molar-refractivity contribution in [2.45, 2.75) is 6.54 Å². The van der Waals surface area contributed by atoms with Crippen LogP contribution in [-0.4, -0.2) is 41.2 Å². The Morgan fingerprint density at radius 1 is 1.37 bits per heavy atom. The maximum atomic E-state index is 6.07. The van der Waals surface area contributed by atoms with Crippen LogP contribution in [0, 0.1) is 0 Å². The molecule has 1 N–H and O–H groups in total. The smallest absolute Gasteiger partial charge is 0.260 e. The van der Waals surface area contributed by atoms with Crippen LogP contribution in [0.5, 0.6) is 0 Å². The first-order chi connectivity index (χ1) is 9.22. The zero-order chi connectivity index (χ0) is 13.2. The van der Waals surface area contributed by atoms with Gasteiger partial charge in [0, 0.05) is 26.2 Å². The molecule has 0 bridgehead atoms. The fourth-order valence-corrected chi connectivity index (χ4v) is 3.43. The van der Waals surface area contributed by atoms with Gasteiger partial charge in [0.1, 0.15) is 4.34 Å². The molecule has 0 amide bonds. The van der Waals surface area contributed by atoms with Crippen LogP contribution in [0.4, 0.5) is 0 Å². The Balaban J connectivity index is 1.74. The average Bonchev–Trinajstić information content (AvgIpc) is 2.97. The number of piperazine rings is 1. The van der Waals surface area contributed by atoms with Gasteiger partial charge in [-0.3, -0.25) is 4.90 Å². The van der Waals surface area contributed by atoms with E-state index in [1.807, 2.05) is 0 Å². The zero-order valence-electron chi connectivity index (χ0n) is 10.0. The summed E-state index contributed by atoms with van der Waals surface area (Å²) in [6.45, 7) is 4.68. The van der Waals surface area contributed by atoms with E-state index in [-0.39, 0.29) is 0 Å². The topological polar surface area (TPSA) is 54.2 Å². The third-order valence-electron chi connectivity index (χ3n) is 2.93. The fourth-order valence-electron chi connectivity index (χ4n) is 1.98. The molecule has 1 fully saturated rings. The Labute approximate surface area is 124 Å². The first kappa shape index (κ1) is 13.3. The van der Waals surface area contributed by atoms with Crippen LogP contribution in [0.15, 0.2) is 10.6 Å². The second-order valence-electron chi connectivity index (χ2n) is 4.28. The highest BCUT2D eigenvalue weighted by molar-refractivity contribution is 7.20. The lowest BCUT2D eigenvalue weighted by Gasteiger charge is -2.25. The Morgan fingerprint density at radius 3 is 2.84 bits per heavy atom. The number of nitrogens with one attached hydrogen (secondary N) is 1. The number of thiophene rings is 1. The molecule has 2 aromatic rings. The van der Waals surface area contributed by atoms with Gasteiger partial charge >= 0.3 is 0 Å². The van der Waals surface area contributed by atoms with E-state index in [0.29, 0.717) is 32.5 Å². The highest BCUT2D eigenvalue weighted by Crippen LogP contribution is 2.37. The lowest BCUT2D eigenvalue weighted by molar-refractivity contribution is 0.225. The number of hydrogen-bond donors (Lipinski definition) is 1. The number of rotatable bonds is 3. The molecule has 3 heterocycles. The van der Waals surface area contributed by atoms with Crippen molar-refractivity contribution in [3.63, 3.8) is 0 Å². The Morgan fingerprint density at radius 2 is 2.16 bits per heavy atom. The molecule has 0 spiro atoms. The summed E-state index contributed by atoms with van der Waals surface area (Å²) >= 11 is 13.3. The summed E-state index contributed by atoms with van der Waals surface area (Å²) in [6, 6.07) is 1.75. The van der Waals surface area contributed by atoms with Crippen molar-refractivity contribution in [2.75, 3.05) is 26.2 Å². The van der Waals surface area contributed by atoms with E-state index >= 15 is 0 Å². The van der Waals surface area contributed by atoms with Crippen LogP contribution in [0.1, 0.15) is 5.82 Å². The van der Waals surface area contributed by atoms with Gasteiger partial charge in [-0.05, 0) is 6.07 Å². The summed E-state index contributed by atoms with van der Waals surface area (Å²) in [5, 5.41) is 7.30. The molecular weight excluding hydrogens is 307 g/mol. The van der Waals surface area contributed by atoms with Gasteiger partial charge in [-0.1, -0.05) is 28.4 Å². The standard InChI is InChI=1S/C11H12Cl2N4OS/c12-8-5-7(10(13)19-8)11-15-9(16-18-11)6-17-3-1-14-2-4-17/h5,14H,1-4,6H2. The molecule has 0 aromatic carbocycles. The second kappa shape index (κ2) is 5.76. The molecule has 2 aromatic heterocycles. The van der Waals surface area contributed by atoms with E-state index in [1.54, 1.807) is 6.07 Å². The van der Waals surface area contributed by atoms with Crippen molar-refractivity contribution in [1.82, 2.24) is 20.4 Å². The third-order valence-corrected chi connectivity index (χ3v) is 4.42. The molecule has 0 saturated carbocycles. The predicted molar refractivity (Wildman–Crippen MR) is 75.8 cm³/mol. The summed E-state index contributed by atoms with van der Waals surface area (Å²) in [4.78, 5) is 6.66.